The van der Waals surface area contributed by atoms with Gasteiger partial charge >= 0.3 is 16.6 Å². The largest absolute Gasteiger partial charge is 0.446 e. The van der Waals surface area contributed by atoms with Crippen LogP contribution in [-0.2, 0) is 26.4 Å². The Hall–Kier alpha value is -1.92. The molecule has 0 aromatic heterocycles. The van der Waals surface area contributed by atoms with Gasteiger partial charge in [0.15, 0.2) is 5.82 Å². The van der Waals surface area contributed by atoms with Crippen LogP contribution in [0.5, 0.6) is 5.75 Å². The molecule has 1 N–H and O–H groups in total. The second kappa shape index (κ2) is 8.07. The van der Waals surface area contributed by atoms with Gasteiger partial charge in [-0.05, 0) is 24.0 Å². The minimum Gasteiger partial charge on any atom is -0.357 e. The maximum absolute atomic E-state index is 14.9. The Balaban J connectivity index is 2.61. The fourth-order valence-corrected chi connectivity index (χ4v) is 3.56. The highest BCUT2D eigenvalue weighted by Crippen LogP contribution is 2.42. The van der Waals surface area contributed by atoms with Crippen molar-refractivity contribution in [3.05, 3.63) is 22.5 Å². The Morgan fingerprint density at radius 2 is 1.79 bits per heavy atom. The number of imide groups is 1. The number of benzene rings is 1. The molecule has 0 spiro atoms. The SMILES string of the molecule is CC(C)Cc1cc(N2C(=O)CC(C(F)(F)F)CC2=O)c(F)c(OS(=O)(=O)O)c1Cl. The summed E-state index contributed by atoms with van der Waals surface area (Å²) in [7, 11) is -5.23. The fourth-order valence-electron chi connectivity index (χ4n) is 2.90. The predicted octanol–water partition coefficient (Wildman–Crippen LogP) is 3.69. The number of halogens is 5. The number of piperidine rings is 1. The van der Waals surface area contributed by atoms with Crippen molar-refractivity contribution in [3.8, 4) is 5.75 Å². The van der Waals surface area contributed by atoms with Crippen LogP contribution < -0.4 is 9.08 Å². The topological polar surface area (TPSA) is 101 Å². The molecule has 1 aromatic rings. The second-order valence-corrected chi connectivity index (χ2v) is 8.29. The Labute approximate surface area is 168 Å². The van der Waals surface area contributed by atoms with Crippen LogP contribution in [0.3, 0.4) is 0 Å². The van der Waals surface area contributed by atoms with Crippen LogP contribution in [-0.4, -0.2) is 31.0 Å². The molecular formula is C16H16ClF4NO6S. The van der Waals surface area contributed by atoms with Crippen molar-refractivity contribution < 1.29 is 44.3 Å². The number of nitrogens with zero attached hydrogens (tertiary/aromatic N) is 1. The minimum absolute atomic E-state index is 0.0651. The quantitative estimate of drug-likeness (QED) is 0.408. The minimum atomic E-state index is -5.23. The number of hydrogen-bond donors (Lipinski definition) is 1. The molecule has 0 bridgehead atoms. The Bertz CT molecular complexity index is 930. The van der Waals surface area contributed by atoms with Crippen LogP contribution in [0.15, 0.2) is 6.07 Å². The van der Waals surface area contributed by atoms with Crippen molar-refractivity contribution in [1.82, 2.24) is 0 Å². The zero-order valence-corrected chi connectivity index (χ0v) is 16.7. The monoisotopic (exact) mass is 461 g/mol. The van der Waals surface area contributed by atoms with E-state index in [9.17, 15) is 35.6 Å². The summed E-state index contributed by atoms with van der Waals surface area (Å²) in [4.78, 5) is 24.7. The first-order valence-electron chi connectivity index (χ1n) is 8.22. The van der Waals surface area contributed by atoms with Gasteiger partial charge in [0, 0.05) is 12.8 Å². The van der Waals surface area contributed by atoms with E-state index in [1.54, 1.807) is 13.8 Å². The van der Waals surface area contributed by atoms with E-state index in [0.717, 1.165) is 6.07 Å². The summed E-state index contributed by atoms with van der Waals surface area (Å²) in [5.74, 6) is -7.71. The third kappa shape index (κ3) is 5.37. The standard InChI is InChI=1S/C16H16ClF4NO6S/c1-7(2)3-8-4-10(14(18)15(13(8)17)28-29(25,26)27)22-11(23)5-9(6-12(22)24)16(19,20)21/h4,7,9H,3,5-6H2,1-2H3,(H,25,26,27). The molecule has 1 aliphatic rings. The van der Waals surface area contributed by atoms with E-state index in [1.807, 2.05) is 0 Å². The predicted molar refractivity (Wildman–Crippen MR) is 93.4 cm³/mol. The molecule has 0 radical (unpaired) electrons. The molecule has 0 aliphatic carbocycles. The molecule has 0 atom stereocenters. The van der Waals surface area contributed by atoms with Gasteiger partial charge in [-0.1, -0.05) is 25.4 Å². The zero-order valence-electron chi connectivity index (χ0n) is 15.1. The molecule has 1 heterocycles. The van der Waals surface area contributed by atoms with Gasteiger partial charge in [-0.2, -0.15) is 21.6 Å². The first-order chi connectivity index (χ1) is 13.1. The molecule has 1 saturated heterocycles. The van der Waals surface area contributed by atoms with Gasteiger partial charge in [0.1, 0.15) is 0 Å². The van der Waals surface area contributed by atoms with Crippen molar-refractivity contribution in [1.29, 1.82) is 0 Å². The highest BCUT2D eigenvalue weighted by atomic mass is 35.5. The van der Waals surface area contributed by atoms with E-state index in [-0.39, 0.29) is 22.8 Å². The summed E-state index contributed by atoms with van der Waals surface area (Å²) in [6.07, 6.45) is -6.86. The van der Waals surface area contributed by atoms with E-state index in [0.29, 0.717) is 0 Å². The average molecular weight is 462 g/mol. The summed E-state index contributed by atoms with van der Waals surface area (Å²) >= 11 is 5.95. The fraction of sp³-hybridized carbons (Fsp3) is 0.500. The van der Waals surface area contributed by atoms with Crippen molar-refractivity contribution in [2.75, 3.05) is 4.90 Å². The summed E-state index contributed by atoms with van der Waals surface area (Å²) in [6, 6.07) is 0.970. The lowest BCUT2D eigenvalue weighted by molar-refractivity contribution is -0.185. The highest BCUT2D eigenvalue weighted by molar-refractivity contribution is 7.81. The van der Waals surface area contributed by atoms with E-state index >= 15 is 0 Å². The number of amides is 2. The molecule has 13 heteroatoms. The van der Waals surface area contributed by atoms with Crippen LogP contribution >= 0.6 is 11.6 Å². The van der Waals surface area contributed by atoms with Crippen LogP contribution in [0.4, 0.5) is 23.2 Å². The molecule has 2 rings (SSSR count). The van der Waals surface area contributed by atoms with Gasteiger partial charge < -0.3 is 4.18 Å². The van der Waals surface area contributed by atoms with Crippen LogP contribution in [0.25, 0.3) is 0 Å². The van der Waals surface area contributed by atoms with Gasteiger partial charge in [-0.15, -0.1) is 0 Å². The van der Waals surface area contributed by atoms with E-state index in [2.05, 4.69) is 4.18 Å². The normalized spacial score (nSPS) is 16.7. The Kier molecular flexibility index (Phi) is 6.50. The van der Waals surface area contributed by atoms with Crippen molar-refractivity contribution in [3.63, 3.8) is 0 Å². The number of carbonyl (C=O) groups is 2. The van der Waals surface area contributed by atoms with Crippen molar-refractivity contribution in [2.45, 2.75) is 39.3 Å². The molecule has 2 amide bonds. The van der Waals surface area contributed by atoms with Gasteiger partial charge in [-0.3, -0.25) is 14.1 Å². The molecule has 0 saturated carbocycles. The molecule has 29 heavy (non-hydrogen) atoms. The number of carbonyl (C=O) groups excluding carboxylic acids is 2. The first kappa shape index (κ1) is 23.4. The third-order valence-electron chi connectivity index (χ3n) is 4.08. The highest BCUT2D eigenvalue weighted by Gasteiger charge is 2.48. The maximum Gasteiger partial charge on any atom is 0.446 e. The third-order valence-corrected chi connectivity index (χ3v) is 4.87. The first-order valence-corrected chi connectivity index (χ1v) is 9.96. The van der Waals surface area contributed by atoms with Gasteiger partial charge in [0.2, 0.25) is 17.6 Å². The smallest absolute Gasteiger partial charge is 0.357 e. The van der Waals surface area contributed by atoms with E-state index in [4.69, 9.17) is 16.2 Å². The molecule has 1 aliphatic heterocycles. The molecular weight excluding hydrogens is 446 g/mol. The Morgan fingerprint density at radius 1 is 1.28 bits per heavy atom. The molecule has 1 aromatic carbocycles. The second-order valence-electron chi connectivity index (χ2n) is 6.89. The van der Waals surface area contributed by atoms with Crippen LogP contribution in [0.2, 0.25) is 5.02 Å². The van der Waals surface area contributed by atoms with Crippen LogP contribution in [0, 0.1) is 17.7 Å². The van der Waals surface area contributed by atoms with Crippen molar-refractivity contribution >= 4 is 39.5 Å². The molecule has 7 nitrogen and oxygen atoms in total. The summed E-state index contributed by atoms with van der Waals surface area (Å²) < 4.78 is 88.6. The van der Waals surface area contributed by atoms with E-state index in [1.165, 1.54) is 0 Å². The lowest BCUT2D eigenvalue weighted by Crippen LogP contribution is -2.47. The number of anilines is 1. The lowest BCUT2D eigenvalue weighted by Gasteiger charge is -2.31. The maximum atomic E-state index is 14.9. The van der Waals surface area contributed by atoms with Crippen molar-refractivity contribution in [2.24, 2.45) is 11.8 Å². The molecule has 162 valence electrons. The van der Waals surface area contributed by atoms with E-state index < -0.39 is 69.4 Å². The number of rotatable bonds is 5. The summed E-state index contributed by atoms with van der Waals surface area (Å²) in [6.45, 7) is 3.46. The lowest BCUT2D eigenvalue weighted by atomic mass is 9.94. The van der Waals surface area contributed by atoms with Gasteiger partial charge in [0.05, 0.1) is 16.6 Å². The van der Waals surface area contributed by atoms with Gasteiger partial charge in [0.25, 0.3) is 0 Å². The summed E-state index contributed by atoms with van der Waals surface area (Å²) in [5.41, 5.74) is -0.741. The molecule has 1 fully saturated rings. The number of alkyl halides is 3. The average Bonchev–Trinajstić information content (AvgIpc) is 2.52. The van der Waals surface area contributed by atoms with Gasteiger partial charge in [-0.25, -0.2) is 9.29 Å². The Morgan fingerprint density at radius 3 is 2.21 bits per heavy atom. The molecule has 0 unspecified atom stereocenters. The number of hydrogen-bond acceptors (Lipinski definition) is 5. The summed E-state index contributed by atoms with van der Waals surface area (Å²) in [5, 5.41) is -0.525. The van der Waals surface area contributed by atoms with Crippen LogP contribution in [0.1, 0.15) is 32.3 Å². The zero-order chi connectivity index (χ0) is 22.3.